The highest BCUT2D eigenvalue weighted by Crippen LogP contribution is 2.35. The fraction of sp³-hybridized carbons (Fsp3) is 0. The van der Waals surface area contributed by atoms with Gasteiger partial charge in [-0.05, 0) is 53.1 Å². The predicted molar refractivity (Wildman–Crippen MR) is 111 cm³/mol. The molecule has 4 aromatic carbocycles. The Morgan fingerprint density at radius 2 is 1.29 bits per heavy atom. The van der Waals surface area contributed by atoms with E-state index in [4.69, 9.17) is 9.84 Å². The molecule has 0 aromatic heterocycles. The Morgan fingerprint density at radius 1 is 0.643 bits per heavy atom. The molecule has 3 nitrogen and oxygen atoms in total. The number of carboxylic acid groups (broad SMARTS) is 1. The van der Waals surface area contributed by atoms with Gasteiger partial charge in [0.15, 0.2) is 0 Å². The third-order valence-electron chi connectivity index (χ3n) is 4.50. The minimum absolute atomic E-state index is 0.233. The van der Waals surface area contributed by atoms with Crippen LogP contribution < -0.4 is 4.74 Å². The highest BCUT2D eigenvalue weighted by Gasteiger charge is 2.09. The van der Waals surface area contributed by atoms with Crippen molar-refractivity contribution in [3.05, 3.63) is 109 Å². The molecular weight excluding hydrogens is 348 g/mol. The molecule has 136 valence electrons. The zero-order chi connectivity index (χ0) is 19.3. The van der Waals surface area contributed by atoms with Gasteiger partial charge in [0.25, 0.3) is 0 Å². The summed E-state index contributed by atoms with van der Waals surface area (Å²) in [6, 6.07) is 32.8. The first kappa shape index (κ1) is 17.6. The van der Waals surface area contributed by atoms with E-state index in [1.54, 1.807) is 12.1 Å². The van der Waals surface area contributed by atoms with Gasteiger partial charge in [-0.25, -0.2) is 4.79 Å². The van der Waals surface area contributed by atoms with Crippen LogP contribution in [-0.4, -0.2) is 11.1 Å². The topological polar surface area (TPSA) is 46.5 Å². The van der Waals surface area contributed by atoms with Crippen LogP contribution in [0.15, 0.2) is 103 Å². The number of rotatable bonds is 5. The monoisotopic (exact) mass is 366 g/mol. The zero-order valence-corrected chi connectivity index (χ0v) is 15.1. The molecule has 1 N–H and O–H groups in total. The van der Waals surface area contributed by atoms with Gasteiger partial charge in [-0.15, -0.1) is 0 Å². The molecule has 0 spiro atoms. The van der Waals surface area contributed by atoms with Crippen molar-refractivity contribution >= 4 is 5.97 Å². The molecule has 0 unspecified atom stereocenters. The number of aromatic carboxylic acids is 1. The van der Waals surface area contributed by atoms with E-state index in [1.165, 1.54) is 12.1 Å². The van der Waals surface area contributed by atoms with Gasteiger partial charge < -0.3 is 9.84 Å². The number of hydrogen-bond donors (Lipinski definition) is 1. The fourth-order valence-corrected chi connectivity index (χ4v) is 3.08. The summed E-state index contributed by atoms with van der Waals surface area (Å²) in [5.74, 6) is 0.358. The first-order valence-corrected chi connectivity index (χ1v) is 8.97. The van der Waals surface area contributed by atoms with Crippen molar-refractivity contribution in [2.24, 2.45) is 0 Å². The summed E-state index contributed by atoms with van der Waals surface area (Å²) >= 11 is 0. The van der Waals surface area contributed by atoms with Crippen molar-refractivity contribution in [2.45, 2.75) is 0 Å². The molecule has 0 bridgehead atoms. The summed E-state index contributed by atoms with van der Waals surface area (Å²) in [7, 11) is 0. The second-order valence-electron chi connectivity index (χ2n) is 6.37. The average Bonchev–Trinajstić information content (AvgIpc) is 2.75. The van der Waals surface area contributed by atoms with Crippen LogP contribution in [0.25, 0.3) is 22.3 Å². The van der Waals surface area contributed by atoms with Gasteiger partial charge >= 0.3 is 5.97 Å². The molecule has 0 aliphatic carbocycles. The molecule has 28 heavy (non-hydrogen) atoms. The lowest BCUT2D eigenvalue weighted by Gasteiger charge is -2.12. The highest BCUT2D eigenvalue weighted by atomic mass is 16.5. The largest absolute Gasteiger partial charge is 0.478 e. The minimum atomic E-state index is -0.954. The van der Waals surface area contributed by atoms with E-state index in [0.29, 0.717) is 5.75 Å². The van der Waals surface area contributed by atoms with Crippen LogP contribution in [0.1, 0.15) is 10.4 Å². The fourth-order valence-electron chi connectivity index (χ4n) is 3.08. The molecule has 0 fully saturated rings. The quantitative estimate of drug-likeness (QED) is 0.438. The van der Waals surface area contributed by atoms with E-state index in [0.717, 1.165) is 28.0 Å². The second kappa shape index (κ2) is 7.80. The lowest BCUT2D eigenvalue weighted by molar-refractivity contribution is 0.0697. The van der Waals surface area contributed by atoms with E-state index >= 15 is 0 Å². The first-order chi connectivity index (χ1) is 13.7. The van der Waals surface area contributed by atoms with Crippen molar-refractivity contribution in [3.8, 4) is 33.8 Å². The molecule has 0 heterocycles. The lowest BCUT2D eigenvalue weighted by Crippen LogP contribution is -1.95. The van der Waals surface area contributed by atoms with Crippen LogP contribution in [0.3, 0.4) is 0 Å². The number of hydrogen-bond acceptors (Lipinski definition) is 2. The Hall–Kier alpha value is -3.85. The van der Waals surface area contributed by atoms with Crippen LogP contribution in [-0.2, 0) is 0 Å². The summed E-state index contributed by atoms with van der Waals surface area (Å²) in [4.78, 5) is 11.0. The molecule has 0 saturated heterocycles. The van der Waals surface area contributed by atoms with Crippen molar-refractivity contribution in [3.63, 3.8) is 0 Å². The van der Waals surface area contributed by atoms with Crippen LogP contribution in [0.2, 0.25) is 0 Å². The summed E-state index contributed by atoms with van der Waals surface area (Å²) in [6.45, 7) is 0. The first-order valence-electron chi connectivity index (χ1n) is 8.97. The van der Waals surface area contributed by atoms with Crippen LogP contribution in [0, 0.1) is 0 Å². The molecule has 4 rings (SSSR count). The van der Waals surface area contributed by atoms with E-state index in [9.17, 15) is 4.79 Å². The standard InChI is InChI=1S/C25H18O3/c26-25(27)19-13-15-22(16-14-19)28-24-12-5-4-11-23(24)21-10-6-9-20(17-21)18-7-2-1-3-8-18/h1-17H,(H,26,27). The van der Waals surface area contributed by atoms with E-state index < -0.39 is 5.97 Å². The van der Waals surface area contributed by atoms with Gasteiger partial charge in [-0.2, -0.15) is 0 Å². The molecule has 0 amide bonds. The van der Waals surface area contributed by atoms with Gasteiger partial charge in [0, 0.05) is 5.56 Å². The van der Waals surface area contributed by atoms with Gasteiger partial charge in [0.05, 0.1) is 5.56 Å². The summed E-state index contributed by atoms with van der Waals surface area (Å²) < 4.78 is 6.05. The maximum atomic E-state index is 11.0. The Morgan fingerprint density at radius 3 is 2.04 bits per heavy atom. The van der Waals surface area contributed by atoms with Crippen LogP contribution >= 0.6 is 0 Å². The summed E-state index contributed by atoms with van der Waals surface area (Å²) in [6.07, 6.45) is 0. The van der Waals surface area contributed by atoms with Crippen molar-refractivity contribution < 1.29 is 14.6 Å². The zero-order valence-electron chi connectivity index (χ0n) is 15.1. The predicted octanol–water partition coefficient (Wildman–Crippen LogP) is 6.51. The van der Waals surface area contributed by atoms with Gasteiger partial charge in [-0.1, -0.05) is 66.7 Å². The summed E-state index contributed by atoms with van der Waals surface area (Å²) in [5.41, 5.74) is 4.56. The molecule has 3 heteroatoms. The van der Waals surface area contributed by atoms with Crippen molar-refractivity contribution in [2.75, 3.05) is 0 Å². The Bertz CT molecular complexity index is 1100. The Kier molecular flexibility index (Phi) is 4.89. The third-order valence-corrected chi connectivity index (χ3v) is 4.50. The van der Waals surface area contributed by atoms with E-state index in [-0.39, 0.29) is 5.56 Å². The normalized spacial score (nSPS) is 10.4. The Labute approximate surface area is 163 Å². The van der Waals surface area contributed by atoms with Crippen LogP contribution in [0.5, 0.6) is 11.5 Å². The molecular formula is C25H18O3. The molecule has 0 radical (unpaired) electrons. The molecule has 0 saturated carbocycles. The minimum Gasteiger partial charge on any atom is -0.478 e. The lowest BCUT2D eigenvalue weighted by atomic mass is 9.98. The number of ether oxygens (including phenoxy) is 1. The molecule has 0 aliphatic heterocycles. The average molecular weight is 366 g/mol. The van der Waals surface area contributed by atoms with Crippen molar-refractivity contribution in [1.29, 1.82) is 0 Å². The molecule has 0 atom stereocenters. The number of benzene rings is 4. The molecule has 4 aromatic rings. The number of carbonyl (C=O) groups is 1. The third kappa shape index (κ3) is 3.79. The van der Waals surface area contributed by atoms with Crippen molar-refractivity contribution in [1.82, 2.24) is 0 Å². The summed E-state index contributed by atoms with van der Waals surface area (Å²) in [5, 5.41) is 9.04. The highest BCUT2D eigenvalue weighted by molar-refractivity contribution is 5.87. The van der Waals surface area contributed by atoms with Crippen LogP contribution in [0.4, 0.5) is 0 Å². The second-order valence-corrected chi connectivity index (χ2v) is 6.37. The Balaban J connectivity index is 1.67. The van der Waals surface area contributed by atoms with Gasteiger partial charge in [-0.3, -0.25) is 0 Å². The maximum absolute atomic E-state index is 11.0. The van der Waals surface area contributed by atoms with E-state index in [2.05, 4.69) is 30.3 Å². The smallest absolute Gasteiger partial charge is 0.335 e. The van der Waals surface area contributed by atoms with E-state index in [1.807, 2.05) is 48.5 Å². The maximum Gasteiger partial charge on any atom is 0.335 e. The van der Waals surface area contributed by atoms with Gasteiger partial charge in [0.1, 0.15) is 11.5 Å². The number of carboxylic acids is 1. The SMILES string of the molecule is O=C(O)c1ccc(Oc2ccccc2-c2cccc(-c3ccccc3)c2)cc1. The number of para-hydroxylation sites is 1. The van der Waals surface area contributed by atoms with Gasteiger partial charge in [0.2, 0.25) is 0 Å². The molecule has 0 aliphatic rings.